The van der Waals surface area contributed by atoms with Crippen molar-refractivity contribution in [2.24, 2.45) is 5.92 Å². The monoisotopic (exact) mass is 237 g/mol. The van der Waals surface area contributed by atoms with Crippen molar-refractivity contribution in [1.29, 1.82) is 0 Å². The van der Waals surface area contributed by atoms with E-state index in [-0.39, 0.29) is 23.7 Å². The van der Waals surface area contributed by atoms with Gasteiger partial charge in [0.05, 0.1) is 12.5 Å². The summed E-state index contributed by atoms with van der Waals surface area (Å²) in [6.07, 6.45) is 0.736. The van der Waals surface area contributed by atoms with E-state index < -0.39 is 0 Å². The minimum Gasteiger partial charge on any atom is -0.466 e. The molecule has 0 radical (unpaired) electrons. The van der Waals surface area contributed by atoms with E-state index in [0.29, 0.717) is 6.61 Å². The predicted octanol–water partition coefficient (Wildman–Crippen LogP) is 2.04. The second-order valence-electron chi connectivity index (χ2n) is 4.13. The first-order valence-corrected chi connectivity index (χ1v) is 5.88. The van der Waals surface area contributed by atoms with E-state index in [2.05, 4.69) is 5.32 Å². The molecule has 0 bridgehead atoms. The second kappa shape index (κ2) is 5.27. The number of hydrogen-bond donors (Lipinski definition) is 1. The third-order valence-corrected chi connectivity index (χ3v) is 3.02. The van der Waals surface area contributed by atoms with Gasteiger partial charge in [-0.25, -0.2) is 4.39 Å². The van der Waals surface area contributed by atoms with Gasteiger partial charge in [0.15, 0.2) is 0 Å². The molecule has 0 aliphatic carbocycles. The van der Waals surface area contributed by atoms with Crippen LogP contribution in [0.2, 0.25) is 0 Å². The summed E-state index contributed by atoms with van der Waals surface area (Å²) in [6.45, 7) is 2.92. The smallest absolute Gasteiger partial charge is 0.310 e. The van der Waals surface area contributed by atoms with Crippen molar-refractivity contribution in [1.82, 2.24) is 5.32 Å². The van der Waals surface area contributed by atoms with Crippen molar-refractivity contribution in [3.8, 4) is 0 Å². The Morgan fingerprint density at radius 3 is 3.12 bits per heavy atom. The first-order chi connectivity index (χ1) is 8.22. The lowest BCUT2D eigenvalue weighted by molar-refractivity contribution is -0.148. The molecule has 0 spiro atoms. The molecule has 1 fully saturated rings. The number of ether oxygens (including phenoxy) is 1. The van der Waals surface area contributed by atoms with Crippen LogP contribution < -0.4 is 5.32 Å². The normalized spacial score (nSPS) is 23.6. The molecule has 1 aliphatic rings. The molecule has 1 N–H and O–H groups in total. The maximum Gasteiger partial charge on any atom is 0.310 e. The van der Waals surface area contributed by atoms with Crippen LogP contribution in [-0.4, -0.2) is 19.1 Å². The molecule has 1 aliphatic heterocycles. The van der Waals surface area contributed by atoms with Gasteiger partial charge in [-0.2, -0.15) is 0 Å². The molecular formula is C13H16FNO2. The first kappa shape index (κ1) is 12.0. The van der Waals surface area contributed by atoms with Gasteiger partial charge in [0.2, 0.25) is 0 Å². The molecule has 0 amide bonds. The molecule has 1 saturated heterocycles. The number of esters is 1. The Balaban J connectivity index is 2.17. The molecule has 2 rings (SSSR count). The van der Waals surface area contributed by atoms with Crippen LogP contribution in [0.3, 0.4) is 0 Å². The number of carbonyl (C=O) groups excluding carboxylic acids is 1. The van der Waals surface area contributed by atoms with Crippen LogP contribution in [0.1, 0.15) is 24.9 Å². The van der Waals surface area contributed by atoms with Crippen molar-refractivity contribution in [3.05, 3.63) is 35.6 Å². The molecule has 3 nitrogen and oxygen atoms in total. The van der Waals surface area contributed by atoms with Crippen LogP contribution in [0.15, 0.2) is 24.3 Å². The maximum atomic E-state index is 13.2. The van der Waals surface area contributed by atoms with Gasteiger partial charge < -0.3 is 10.1 Å². The van der Waals surface area contributed by atoms with E-state index >= 15 is 0 Å². The third kappa shape index (κ3) is 2.64. The summed E-state index contributed by atoms with van der Waals surface area (Å²) >= 11 is 0. The predicted molar refractivity (Wildman–Crippen MR) is 61.9 cm³/mol. The number of carbonyl (C=O) groups is 1. The van der Waals surface area contributed by atoms with Crippen LogP contribution in [0.4, 0.5) is 4.39 Å². The summed E-state index contributed by atoms with van der Waals surface area (Å²) < 4.78 is 18.2. The van der Waals surface area contributed by atoms with Gasteiger partial charge in [-0.15, -0.1) is 0 Å². The summed E-state index contributed by atoms with van der Waals surface area (Å²) in [4.78, 5) is 11.8. The zero-order chi connectivity index (χ0) is 12.3. The molecule has 4 heteroatoms. The first-order valence-electron chi connectivity index (χ1n) is 5.88. The lowest BCUT2D eigenvalue weighted by Crippen LogP contribution is -2.25. The lowest BCUT2D eigenvalue weighted by Gasteiger charge is -2.18. The number of benzene rings is 1. The fourth-order valence-electron chi connectivity index (χ4n) is 2.26. The fourth-order valence-corrected chi connectivity index (χ4v) is 2.26. The summed E-state index contributed by atoms with van der Waals surface area (Å²) in [5.74, 6) is -0.692. The molecular weight excluding hydrogens is 221 g/mol. The average Bonchev–Trinajstić information content (AvgIpc) is 2.78. The van der Waals surface area contributed by atoms with E-state index in [4.69, 9.17) is 4.74 Å². The van der Waals surface area contributed by atoms with E-state index in [1.807, 2.05) is 6.07 Å². The number of hydrogen-bond acceptors (Lipinski definition) is 3. The van der Waals surface area contributed by atoms with Gasteiger partial charge in [0, 0.05) is 6.04 Å². The maximum absolute atomic E-state index is 13.2. The number of halogens is 1. The van der Waals surface area contributed by atoms with Crippen molar-refractivity contribution in [2.75, 3.05) is 13.2 Å². The second-order valence-corrected chi connectivity index (χ2v) is 4.13. The molecule has 1 aromatic rings. The standard InChI is InChI=1S/C13H16FNO2/c1-2-17-13(16)11-6-7-15-12(11)9-4-3-5-10(14)8-9/h3-5,8,11-12,15H,2,6-7H2,1H3/t11-,12+/m0/s1. The van der Waals surface area contributed by atoms with Crippen LogP contribution in [-0.2, 0) is 9.53 Å². The summed E-state index contributed by atoms with van der Waals surface area (Å²) in [5, 5.41) is 3.22. The zero-order valence-electron chi connectivity index (χ0n) is 9.78. The molecule has 2 atom stereocenters. The van der Waals surface area contributed by atoms with Gasteiger partial charge in [0.25, 0.3) is 0 Å². The highest BCUT2D eigenvalue weighted by atomic mass is 19.1. The Morgan fingerprint density at radius 2 is 2.41 bits per heavy atom. The van der Waals surface area contributed by atoms with Gasteiger partial charge in [-0.05, 0) is 37.6 Å². The minimum atomic E-state index is -0.279. The highest BCUT2D eigenvalue weighted by Crippen LogP contribution is 2.30. The van der Waals surface area contributed by atoms with Crippen molar-refractivity contribution in [2.45, 2.75) is 19.4 Å². The van der Waals surface area contributed by atoms with E-state index in [1.165, 1.54) is 12.1 Å². The minimum absolute atomic E-state index is 0.134. The highest BCUT2D eigenvalue weighted by Gasteiger charge is 2.34. The lowest BCUT2D eigenvalue weighted by atomic mass is 9.94. The quantitative estimate of drug-likeness (QED) is 0.817. The largest absolute Gasteiger partial charge is 0.466 e. The molecule has 17 heavy (non-hydrogen) atoms. The molecule has 0 saturated carbocycles. The van der Waals surface area contributed by atoms with Crippen molar-refractivity contribution < 1.29 is 13.9 Å². The molecule has 1 aromatic carbocycles. The Labute approximate surface area is 100.0 Å². The zero-order valence-corrected chi connectivity index (χ0v) is 9.78. The fraction of sp³-hybridized carbons (Fsp3) is 0.462. The van der Waals surface area contributed by atoms with Crippen LogP contribution >= 0.6 is 0 Å². The topological polar surface area (TPSA) is 38.3 Å². The summed E-state index contributed by atoms with van der Waals surface area (Å²) in [7, 11) is 0. The Morgan fingerprint density at radius 1 is 1.59 bits per heavy atom. The average molecular weight is 237 g/mol. The molecule has 0 unspecified atom stereocenters. The van der Waals surface area contributed by atoms with Gasteiger partial charge >= 0.3 is 5.97 Å². The Kier molecular flexibility index (Phi) is 3.74. The van der Waals surface area contributed by atoms with E-state index in [0.717, 1.165) is 18.5 Å². The Bertz CT molecular complexity index is 408. The van der Waals surface area contributed by atoms with Gasteiger partial charge in [-0.3, -0.25) is 4.79 Å². The molecule has 92 valence electrons. The Hall–Kier alpha value is -1.42. The van der Waals surface area contributed by atoms with Crippen molar-refractivity contribution >= 4 is 5.97 Å². The number of rotatable bonds is 3. The van der Waals surface area contributed by atoms with Crippen LogP contribution in [0, 0.1) is 11.7 Å². The van der Waals surface area contributed by atoms with Gasteiger partial charge in [0.1, 0.15) is 5.82 Å². The molecule has 1 heterocycles. The van der Waals surface area contributed by atoms with E-state index in [1.54, 1.807) is 13.0 Å². The van der Waals surface area contributed by atoms with Crippen molar-refractivity contribution in [3.63, 3.8) is 0 Å². The van der Waals surface area contributed by atoms with Gasteiger partial charge in [-0.1, -0.05) is 12.1 Å². The third-order valence-electron chi connectivity index (χ3n) is 3.02. The highest BCUT2D eigenvalue weighted by molar-refractivity contribution is 5.74. The summed E-state index contributed by atoms with van der Waals surface area (Å²) in [5.41, 5.74) is 0.806. The van der Waals surface area contributed by atoms with E-state index in [9.17, 15) is 9.18 Å². The van der Waals surface area contributed by atoms with Crippen LogP contribution in [0.25, 0.3) is 0 Å². The molecule has 0 aromatic heterocycles. The summed E-state index contributed by atoms with van der Waals surface area (Å²) in [6, 6.07) is 6.22. The van der Waals surface area contributed by atoms with Crippen LogP contribution in [0.5, 0.6) is 0 Å². The number of nitrogens with one attached hydrogen (secondary N) is 1. The SMILES string of the molecule is CCOC(=O)[C@H]1CCN[C@@H]1c1cccc(F)c1.